The largest absolute Gasteiger partial charge is 0.394 e. The van der Waals surface area contributed by atoms with Gasteiger partial charge in [0.05, 0.1) is 6.61 Å². The van der Waals surface area contributed by atoms with Crippen LogP contribution in [0.1, 0.15) is 44.9 Å². The van der Waals surface area contributed by atoms with Gasteiger partial charge < -0.3 is 20.2 Å². The lowest BCUT2D eigenvalue weighted by molar-refractivity contribution is 0.129. The smallest absolute Gasteiger partial charge is 0.0614 e. The highest BCUT2D eigenvalue weighted by Crippen LogP contribution is 2.36. The first-order valence-corrected chi connectivity index (χ1v) is 8.87. The number of likely N-dealkylation sites (tertiary alicyclic amines) is 1. The van der Waals surface area contributed by atoms with Gasteiger partial charge in [-0.15, -0.1) is 0 Å². The van der Waals surface area contributed by atoms with Crippen molar-refractivity contribution in [1.29, 1.82) is 0 Å². The van der Waals surface area contributed by atoms with E-state index < -0.39 is 0 Å². The normalized spacial score (nSPS) is 35.7. The first-order chi connectivity index (χ1) is 10.1. The van der Waals surface area contributed by atoms with Crippen LogP contribution >= 0.6 is 0 Å². The van der Waals surface area contributed by atoms with E-state index in [1.165, 1.54) is 51.7 Å². The highest BCUT2D eigenvalue weighted by Gasteiger charge is 2.43. The Morgan fingerprint density at radius 1 is 1.19 bits per heavy atom. The van der Waals surface area contributed by atoms with E-state index in [1.807, 2.05) is 0 Å². The van der Waals surface area contributed by atoms with E-state index in [4.69, 9.17) is 0 Å². The lowest BCUT2D eigenvalue weighted by atomic mass is 9.95. The van der Waals surface area contributed by atoms with Gasteiger partial charge in [-0.25, -0.2) is 0 Å². The lowest BCUT2D eigenvalue weighted by Gasteiger charge is -2.35. The van der Waals surface area contributed by atoms with Crippen molar-refractivity contribution in [1.82, 2.24) is 15.1 Å². The standard InChI is InChI=1S/C17H33N3O/c1-19-9-6-14(7-10-19)12-20(2)16-5-8-17(11-16,13-21)18-15-3-4-15/h14-16,18,21H,3-13H2,1-2H3. The summed E-state index contributed by atoms with van der Waals surface area (Å²) in [6.07, 6.45) is 8.81. The first-order valence-electron chi connectivity index (χ1n) is 8.87. The average Bonchev–Trinajstić information content (AvgIpc) is 3.18. The molecule has 1 saturated heterocycles. The number of hydrogen-bond acceptors (Lipinski definition) is 4. The van der Waals surface area contributed by atoms with Gasteiger partial charge in [0.15, 0.2) is 0 Å². The molecule has 2 unspecified atom stereocenters. The molecule has 0 spiro atoms. The van der Waals surface area contributed by atoms with E-state index in [-0.39, 0.29) is 5.54 Å². The van der Waals surface area contributed by atoms with Crippen molar-refractivity contribution >= 4 is 0 Å². The molecular weight excluding hydrogens is 262 g/mol. The molecule has 0 aromatic rings. The van der Waals surface area contributed by atoms with Crippen molar-refractivity contribution in [3.63, 3.8) is 0 Å². The molecular formula is C17H33N3O. The molecule has 4 heteroatoms. The summed E-state index contributed by atoms with van der Waals surface area (Å²) in [6.45, 7) is 4.06. The predicted octanol–water partition coefficient (Wildman–Crippen LogP) is 1.30. The summed E-state index contributed by atoms with van der Waals surface area (Å²) in [7, 11) is 4.53. The molecule has 3 fully saturated rings. The van der Waals surface area contributed by atoms with Crippen LogP contribution in [0.3, 0.4) is 0 Å². The van der Waals surface area contributed by atoms with Crippen LogP contribution in [0.15, 0.2) is 0 Å². The molecule has 0 aromatic heterocycles. The molecule has 2 aliphatic carbocycles. The van der Waals surface area contributed by atoms with Crippen LogP contribution in [-0.2, 0) is 0 Å². The number of aliphatic hydroxyl groups is 1. The van der Waals surface area contributed by atoms with Crippen LogP contribution in [0.2, 0.25) is 0 Å². The fourth-order valence-corrected chi connectivity index (χ4v) is 4.26. The fourth-order valence-electron chi connectivity index (χ4n) is 4.26. The van der Waals surface area contributed by atoms with Crippen molar-refractivity contribution in [3.05, 3.63) is 0 Å². The zero-order chi connectivity index (χ0) is 14.9. The van der Waals surface area contributed by atoms with Crippen LogP contribution in [-0.4, -0.2) is 72.9 Å². The Bertz CT molecular complexity index is 339. The zero-order valence-corrected chi connectivity index (χ0v) is 13.9. The summed E-state index contributed by atoms with van der Waals surface area (Å²) in [5.41, 5.74) is 0.0207. The minimum Gasteiger partial charge on any atom is -0.394 e. The molecule has 0 bridgehead atoms. The Kier molecular flexibility index (Phi) is 4.89. The molecule has 2 saturated carbocycles. The maximum Gasteiger partial charge on any atom is 0.0614 e. The maximum absolute atomic E-state index is 9.86. The van der Waals surface area contributed by atoms with Gasteiger partial charge in [-0.3, -0.25) is 0 Å². The second kappa shape index (κ2) is 6.53. The molecule has 0 radical (unpaired) electrons. The second-order valence-electron chi connectivity index (χ2n) is 7.94. The van der Waals surface area contributed by atoms with Crippen LogP contribution in [0.25, 0.3) is 0 Å². The molecule has 2 N–H and O–H groups in total. The lowest BCUT2D eigenvalue weighted by Crippen LogP contribution is -2.49. The van der Waals surface area contributed by atoms with Gasteiger partial charge in [0.2, 0.25) is 0 Å². The van der Waals surface area contributed by atoms with E-state index in [9.17, 15) is 5.11 Å². The van der Waals surface area contributed by atoms with Gasteiger partial charge in [0.25, 0.3) is 0 Å². The van der Waals surface area contributed by atoms with Crippen molar-refractivity contribution in [2.24, 2.45) is 5.92 Å². The Morgan fingerprint density at radius 2 is 1.90 bits per heavy atom. The fraction of sp³-hybridized carbons (Fsp3) is 1.00. The second-order valence-corrected chi connectivity index (χ2v) is 7.94. The third-order valence-electron chi connectivity index (χ3n) is 5.98. The van der Waals surface area contributed by atoms with E-state index >= 15 is 0 Å². The quantitative estimate of drug-likeness (QED) is 0.775. The Labute approximate surface area is 129 Å². The molecule has 4 nitrogen and oxygen atoms in total. The number of piperidine rings is 1. The van der Waals surface area contributed by atoms with Gasteiger partial charge in [-0.1, -0.05) is 0 Å². The number of hydrogen-bond donors (Lipinski definition) is 2. The van der Waals surface area contributed by atoms with Gasteiger partial charge in [0, 0.05) is 24.2 Å². The predicted molar refractivity (Wildman–Crippen MR) is 86.5 cm³/mol. The maximum atomic E-state index is 9.86. The monoisotopic (exact) mass is 295 g/mol. The van der Waals surface area contributed by atoms with Crippen molar-refractivity contribution < 1.29 is 5.11 Å². The summed E-state index contributed by atoms with van der Waals surface area (Å²) in [4.78, 5) is 5.03. The van der Waals surface area contributed by atoms with Crippen LogP contribution in [0.4, 0.5) is 0 Å². The molecule has 122 valence electrons. The SMILES string of the molecule is CN1CCC(CN(C)C2CCC(CO)(NC3CC3)C2)CC1. The van der Waals surface area contributed by atoms with Gasteiger partial charge in [0.1, 0.15) is 0 Å². The summed E-state index contributed by atoms with van der Waals surface area (Å²) in [5.74, 6) is 0.867. The van der Waals surface area contributed by atoms with Crippen molar-refractivity contribution in [3.8, 4) is 0 Å². The van der Waals surface area contributed by atoms with Gasteiger partial charge in [-0.2, -0.15) is 0 Å². The van der Waals surface area contributed by atoms with Crippen molar-refractivity contribution in [2.75, 3.05) is 40.3 Å². The first kappa shape index (κ1) is 15.7. The number of rotatable bonds is 6. The third kappa shape index (κ3) is 3.98. The number of nitrogens with one attached hydrogen (secondary N) is 1. The Morgan fingerprint density at radius 3 is 2.52 bits per heavy atom. The molecule has 21 heavy (non-hydrogen) atoms. The van der Waals surface area contributed by atoms with E-state index in [0.717, 1.165) is 18.8 Å². The van der Waals surface area contributed by atoms with Crippen LogP contribution in [0, 0.1) is 5.92 Å². The molecule has 0 aromatic carbocycles. The molecule has 0 amide bonds. The summed E-state index contributed by atoms with van der Waals surface area (Å²) >= 11 is 0. The highest BCUT2D eigenvalue weighted by molar-refractivity contribution is 5.03. The average molecular weight is 295 g/mol. The minimum absolute atomic E-state index is 0.0207. The van der Waals surface area contributed by atoms with Crippen LogP contribution < -0.4 is 5.32 Å². The Balaban J connectivity index is 1.47. The molecule has 3 rings (SSSR count). The third-order valence-corrected chi connectivity index (χ3v) is 5.98. The van der Waals surface area contributed by atoms with Gasteiger partial charge in [-0.05, 0) is 78.0 Å². The van der Waals surface area contributed by atoms with Gasteiger partial charge >= 0.3 is 0 Å². The summed E-state index contributed by atoms with van der Waals surface area (Å²) in [6, 6.07) is 1.35. The summed E-state index contributed by atoms with van der Waals surface area (Å²) < 4.78 is 0. The topological polar surface area (TPSA) is 38.7 Å². The molecule has 1 aliphatic heterocycles. The van der Waals surface area contributed by atoms with Crippen LogP contribution in [0.5, 0.6) is 0 Å². The minimum atomic E-state index is 0.0207. The van der Waals surface area contributed by atoms with E-state index in [0.29, 0.717) is 18.7 Å². The number of nitrogens with zero attached hydrogens (tertiary/aromatic N) is 2. The molecule has 3 aliphatic rings. The number of aliphatic hydroxyl groups excluding tert-OH is 1. The molecule has 2 atom stereocenters. The van der Waals surface area contributed by atoms with E-state index in [1.54, 1.807) is 0 Å². The highest BCUT2D eigenvalue weighted by atomic mass is 16.3. The summed E-state index contributed by atoms with van der Waals surface area (Å²) in [5, 5.41) is 13.6. The van der Waals surface area contributed by atoms with Crippen molar-refractivity contribution in [2.45, 2.75) is 62.6 Å². The zero-order valence-electron chi connectivity index (χ0n) is 13.9. The van der Waals surface area contributed by atoms with E-state index in [2.05, 4.69) is 29.2 Å². The Hall–Kier alpha value is -0.160. The molecule has 1 heterocycles.